The van der Waals surface area contributed by atoms with E-state index in [9.17, 15) is 0 Å². The van der Waals surface area contributed by atoms with Crippen LogP contribution in [0.4, 0.5) is 11.6 Å². The molecular weight excluding hydrogens is 322 g/mol. The maximum Gasteiger partial charge on any atom is 0.153 e. The lowest BCUT2D eigenvalue weighted by Crippen LogP contribution is -2.32. The fourth-order valence-corrected chi connectivity index (χ4v) is 3.37. The average molecular weight is 346 g/mol. The number of rotatable bonds is 5. The third-order valence-corrected chi connectivity index (χ3v) is 4.83. The van der Waals surface area contributed by atoms with E-state index in [1.165, 1.54) is 18.3 Å². The van der Waals surface area contributed by atoms with Crippen LogP contribution in [-0.2, 0) is 6.42 Å². The highest BCUT2D eigenvalue weighted by Gasteiger charge is 2.19. The van der Waals surface area contributed by atoms with Gasteiger partial charge in [-0.25, -0.2) is 9.97 Å². The lowest BCUT2D eigenvalue weighted by molar-refractivity contribution is 0.290. The molecule has 0 spiro atoms. The number of nitrogen functional groups attached to an aromatic ring is 1. The van der Waals surface area contributed by atoms with Gasteiger partial charge in [-0.3, -0.25) is 0 Å². The Bertz CT molecular complexity index is 649. The molecule has 1 saturated heterocycles. The minimum atomic E-state index is 0.352. The molecule has 0 unspecified atom stereocenters. The van der Waals surface area contributed by atoms with Crippen LogP contribution in [0.25, 0.3) is 0 Å². The summed E-state index contributed by atoms with van der Waals surface area (Å²) in [7, 11) is 0. The van der Waals surface area contributed by atoms with Crippen molar-refractivity contribution in [2.45, 2.75) is 19.3 Å². The van der Waals surface area contributed by atoms with Gasteiger partial charge in [-0.15, -0.1) is 0 Å². The number of nitrogens with two attached hydrogens (primary N) is 1. The van der Waals surface area contributed by atoms with Crippen molar-refractivity contribution in [1.29, 1.82) is 0 Å². The number of hydrogen-bond donors (Lipinski definition) is 1. The predicted molar refractivity (Wildman–Crippen MR) is 99.5 cm³/mol. The summed E-state index contributed by atoms with van der Waals surface area (Å²) >= 11 is 6.26. The van der Waals surface area contributed by atoms with Crippen molar-refractivity contribution in [3.63, 3.8) is 0 Å². The molecule has 24 heavy (non-hydrogen) atoms. The minimum absolute atomic E-state index is 0.352. The van der Waals surface area contributed by atoms with E-state index in [4.69, 9.17) is 17.3 Å². The lowest BCUT2D eigenvalue weighted by Gasteiger charge is -2.23. The summed E-state index contributed by atoms with van der Waals surface area (Å²) in [6.07, 6.45) is 4.91. The standard InChI is InChI=1S/C18H24ClN5/c19-16-17(20)21-14-22-18(16)24-11-5-10-23(12-13-24)9-4-8-15-6-2-1-3-7-15/h1-3,6-7,14H,4-5,8-13H2,(H2,20,21,22). The fraction of sp³-hybridized carbons (Fsp3) is 0.444. The molecular formula is C18H24ClN5. The number of anilines is 2. The molecule has 2 N–H and O–H groups in total. The number of halogens is 1. The number of benzene rings is 1. The fourth-order valence-electron chi connectivity index (χ4n) is 3.15. The summed E-state index contributed by atoms with van der Waals surface area (Å²) in [6, 6.07) is 10.7. The molecule has 1 aliphatic heterocycles. The average Bonchev–Trinajstić information content (AvgIpc) is 2.84. The maximum atomic E-state index is 6.26. The largest absolute Gasteiger partial charge is 0.382 e. The first-order chi connectivity index (χ1) is 11.7. The maximum absolute atomic E-state index is 6.26. The smallest absolute Gasteiger partial charge is 0.153 e. The molecule has 0 atom stereocenters. The van der Waals surface area contributed by atoms with Gasteiger partial charge in [-0.2, -0.15) is 0 Å². The molecule has 1 fully saturated rings. The van der Waals surface area contributed by atoms with Crippen LogP contribution in [0.1, 0.15) is 18.4 Å². The second-order valence-corrected chi connectivity index (χ2v) is 6.55. The van der Waals surface area contributed by atoms with Crippen LogP contribution in [0.2, 0.25) is 5.02 Å². The molecule has 128 valence electrons. The summed E-state index contributed by atoms with van der Waals surface area (Å²) in [6.45, 7) is 5.13. The highest BCUT2D eigenvalue weighted by Crippen LogP contribution is 2.27. The Morgan fingerprint density at radius 2 is 1.88 bits per heavy atom. The van der Waals surface area contributed by atoms with Crippen molar-refractivity contribution >= 4 is 23.2 Å². The predicted octanol–water partition coefficient (Wildman–Crippen LogP) is 2.86. The van der Waals surface area contributed by atoms with Crippen LogP contribution >= 0.6 is 11.6 Å². The van der Waals surface area contributed by atoms with Gasteiger partial charge in [0.2, 0.25) is 0 Å². The van der Waals surface area contributed by atoms with E-state index >= 15 is 0 Å². The van der Waals surface area contributed by atoms with Crippen LogP contribution in [0.5, 0.6) is 0 Å². The van der Waals surface area contributed by atoms with Gasteiger partial charge in [0.1, 0.15) is 17.2 Å². The Balaban J connectivity index is 1.51. The van der Waals surface area contributed by atoms with E-state index in [-0.39, 0.29) is 0 Å². The third-order valence-electron chi connectivity index (χ3n) is 4.47. The van der Waals surface area contributed by atoms with Gasteiger partial charge in [0, 0.05) is 19.6 Å². The van der Waals surface area contributed by atoms with Crippen molar-refractivity contribution in [3.05, 3.63) is 47.2 Å². The number of aryl methyl sites for hydroxylation is 1. The van der Waals surface area contributed by atoms with Crippen LogP contribution in [0.3, 0.4) is 0 Å². The van der Waals surface area contributed by atoms with Gasteiger partial charge in [-0.05, 0) is 37.9 Å². The second-order valence-electron chi connectivity index (χ2n) is 6.17. The van der Waals surface area contributed by atoms with Crippen LogP contribution < -0.4 is 10.6 Å². The molecule has 0 saturated carbocycles. The minimum Gasteiger partial charge on any atom is -0.382 e. The third kappa shape index (κ3) is 4.36. The quantitative estimate of drug-likeness (QED) is 0.903. The van der Waals surface area contributed by atoms with Gasteiger partial charge in [0.05, 0.1) is 0 Å². The van der Waals surface area contributed by atoms with Gasteiger partial charge >= 0.3 is 0 Å². The van der Waals surface area contributed by atoms with E-state index in [1.807, 2.05) is 0 Å². The van der Waals surface area contributed by atoms with Crippen LogP contribution in [0, 0.1) is 0 Å². The summed E-state index contributed by atoms with van der Waals surface area (Å²) < 4.78 is 0. The van der Waals surface area contributed by atoms with E-state index in [0.29, 0.717) is 10.8 Å². The molecule has 2 aromatic rings. The first-order valence-electron chi connectivity index (χ1n) is 8.51. The van der Waals surface area contributed by atoms with E-state index < -0.39 is 0 Å². The zero-order chi connectivity index (χ0) is 16.8. The molecule has 6 heteroatoms. The topological polar surface area (TPSA) is 58.3 Å². The van der Waals surface area contributed by atoms with Gasteiger partial charge in [0.25, 0.3) is 0 Å². The molecule has 1 aliphatic rings. The molecule has 0 radical (unpaired) electrons. The van der Waals surface area contributed by atoms with Gasteiger partial charge in [0.15, 0.2) is 5.82 Å². The summed E-state index contributed by atoms with van der Waals surface area (Å²) in [5, 5.41) is 0.468. The van der Waals surface area contributed by atoms with Crippen molar-refractivity contribution < 1.29 is 0 Å². The first kappa shape index (κ1) is 17.0. The van der Waals surface area contributed by atoms with E-state index in [2.05, 4.69) is 50.1 Å². The second kappa shape index (κ2) is 8.31. The SMILES string of the molecule is Nc1ncnc(N2CCCN(CCCc3ccccc3)CC2)c1Cl. The molecule has 1 aromatic heterocycles. The zero-order valence-electron chi connectivity index (χ0n) is 13.9. The molecule has 0 aliphatic carbocycles. The van der Waals surface area contributed by atoms with Crippen molar-refractivity contribution in [3.8, 4) is 0 Å². The molecule has 1 aromatic carbocycles. The first-order valence-corrected chi connectivity index (χ1v) is 8.89. The number of nitrogens with zero attached hydrogens (tertiary/aromatic N) is 4. The Morgan fingerprint density at radius 3 is 2.71 bits per heavy atom. The lowest BCUT2D eigenvalue weighted by atomic mass is 10.1. The summed E-state index contributed by atoms with van der Waals surface area (Å²) in [4.78, 5) is 13.0. The monoisotopic (exact) mass is 345 g/mol. The Hall–Kier alpha value is -1.85. The number of aromatic nitrogens is 2. The highest BCUT2D eigenvalue weighted by atomic mass is 35.5. The van der Waals surface area contributed by atoms with Crippen molar-refractivity contribution in [1.82, 2.24) is 14.9 Å². The van der Waals surface area contributed by atoms with Crippen LogP contribution in [0.15, 0.2) is 36.7 Å². The number of hydrogen-bond acceptors (Lipinski definition) is 5. The van der Waals surface area contributed by atoms with E-state index in [1.54, 1.807) is 0 Å². The summed E-state index contributed by atoms with van der Waals surface area (Å²) in [5.74, 6) is 1.11. The van der Waals surface area contributed by atoms with Crippen LogP contribution in [-0.4, -0.2) is 47.6 Å². The summed E-state index contributed by atoms with van der Waals surface area (Å²) in [5.41, 5.74) is 7.21. The normalized spacial score (nSPS) is 16.1. The van der Waals surface area contributed by atoms with E-state index in [0.717, 1.165) is 51.4 Å². The molecule has 5 nitrogen and oxygen atoms in total. The Morgan fingerprint density at radius 1 is 1.04 bits per heavy atom. The molecule has 0 amide bonds. The van der Waals surface area contributed by atoms with Gasteiger partial charge < -0.3 is 15.5 Å². The van der Waals surface area contributed by atoms with Gasteiger partial charge in [-0.1, -0.05) is 41.9 Å². The molecule has 0 bridgehead atoms. The molecule has 3 rings (SSSR count). The highest BCUT2D eigenvalue weighted by molar-refractivity contribution is 6.35. The van der Waals surface area contributed by atoms with Crippen molar-refractivity contribution in [2.24, 2.45) is 0 Å². The Labute approximate surface area is 148 Å². The van der Waals surface area contributed by atoms with Crippen molar-refractivity contribution in [2.75, 3.05) is 43.4 Å². The Kier molecular flexibility index (Phi) is 5.88. The zero-order valence-corrected chi connectivity index (χ0v) is 14.6. The molecule has 2 heterocycles.